The molecule has 0 saturated heterocycles. The maximum atomic E-state index is 13.4. The summed E-state index contributed by atoms with van der Waals surface area (Å²) in [7, 11) is 0. The Hall–Kier alpha value is -2.47. The Balaban J connectivity index is 1.43. The highest BCUT2D eigenvalue weighted by Gasteiger charge is 2.15. The van der Waals surface area contributed by atoms with E-state index in [1.807, 2.05) is 6.07 Å². The third kappa shape index (κ3) is 5.50. The second-order valence-corrected chi connectivity index (χ2v) is 6.52. The highest BCUT2D eigenvalue weighted by molar-refractivity contribution is 6.32. The first-order valence-corrected chi connectivity index (χ1v) is 9.23. The van der Waals surface area contributed by atoms with E-state index in [4.69, 9.17) is 25.8 Å². The first kappa shape index (κ1) is 19.3. The molecule has 2 aromatic carbocycles. The fourth-order valence-electron chi connectivity index (χ4n) is 2.65. The summed E-state index contributed by atoms with van der Waals surface area (Å²) in [5.74, 6) is 0.820. The molecule has 2 aromatic rings. The molecule has 0 fully saturated rings. The smallest absolute Gasteiger partial charge is 0.220 e. The third-order valence-corrected chi connectivity index (χ3v) is 4.27. The Bertz CT molecular complexity index is 800. The van der Waals surface area contributed by atoms with Crippen LogP contribution in [0.3, 0.4) is 0 Å². The predicted octanol–water partition coefficient (Wildman–Crippen LogP) is 4.12. The van der Waals surface area contributed by atoms with Gasteiger partial charge in [-0.3, -0.25) is 4.79 Å². The molecule has 7 heteroatoms. The van der Waals surface area contributed by atoms with Crippen molar-refractivity contribution >= 4 is 17.5 Å². The molecule has 1 aliphatic rings. The van der Waals surface area contributed by atoms with Gasteiger partial charge in [-0.15, -0.1) is 0 Å². The van der Waals surface area contributed by atoms with Gasteiger partial charge in [0, 0.05) is 19.4 Å². The van der Waals surface area contributed by atoms with Gasteiger partial charge < -0.3 is 19.5 Å². The van der Waals surface area contributed by atoms with Crippen molar-refractivity contribution in [1.82, 2.24) is 5.32 Å². The summed E-state index contributed by atoms with van der Waals surface area (Å²) in [6.45, 7) is 1.74. The molecule has 0 spiro atoms. The van der Waals surface area contributed by atoms with Crippen LogP contribution in [0.5, 0.6) is 17.2 Å². The topological polar surface area (TPSA) is 56.8 Å². The van der Waals surface area contributed by atoms with Crippen LogP contribution in [0, 0.1) is 5.82 Å². The highest BCUT2D eigenvalue weighted by Crippen LogP contribution is 2.37. The van der Waals surface area contributed by atoms with Gasteiger partial charge in [0.2, 0.25) is 5.91 Å². The van der Waals surface area contributed by atoms with Crippen molar-refractivity contribution in [1.29, 1.82) is 0 Å². The monoisotopic (exact) mass is 393 g/mol. The molecule has 0 aromatic heterocycles. The molecule has 3 rings (SSSR count). The lowest BCUT2D eigenvalue weighted by atomic mass is 10.2. The number of carbonyl (C=O) groups excluding carboxylic acids is 1. The first-order valence-electron chi connectivity index (χ1n) is 8.85. The number of halogens is 2. The molecule has 1 aliphatic heterocycles. The molecule has 0 radical (unpaired) electrons. The van der Waals surface area contributed by atoms with Crippen molar-refractivity contribution < 1.29 is 23.4 Å². The first-order chi connectivity index (χ1) is 13.1. The lowest BCUT2D eigenvalue weighted by Gasteiger charge is -2.12. The van der Waals surface area contributed by atoms with Crippen molar-refractivity contribution in [3.05, 3.63) is 52.8 Å². The van der Waals surface area contributed by atoms with Crippen LogP contribution in [0.1, 0.15) is 24.8 Å². The summed E-state index contributed by atoms with van der Waals surface area (Å²) in [6.07, 6.45) is 1.57. The average molecular weight is 394 g/mol. The zero-order valence-electron chi connectivity index (χ0n) is 14.8. The van der Waals surface area contributed by atoms with Crippen LogP contribution >= 0.6 is 11.6 Å². The molecule has 0 aliphatic carbocycles. The summed E-state index contributed by atoms with van der Waals surface area (Å²) in [6, 6.07) is 9.78. The fourth-order valence-corrected chi connectivity index (χ4v) is 2.94. The van der Waals surface area contributed by atoms with E-state index in [2.05, 4.69) is 5.32 Å². The molecule has 1 amide bonds. The summed E-state index contributed by atoms with van der Waals surface area (Å²) in [4.78, 5) is 12.0. The van der Waals surface area contributed by atoms with E-state index < -0.39 is 5.82 Å². The van der Waals surface area contributed by atoms with Gasteiger partial charge in [0.15, 0.2) is 23.1 Å². The lowest BCUT2D eigenvalue weighted by molar-refractivity contribution is -0.121. The molecule has 0 unspecified atom stereocenters. The number of para-hydroxylation sites is 1. The van der Waals surface area contributed by atoms with Gasteiger partial charge in [-0.2, -0.15) is 0 Å². The Kier molecular flexibility index (Phi) is 6.76. The SMILES string of the molecule is O=C(CCCOc1ccccc1F)NCc1cc(Cl)c2c(c1)OCCCO2. The normalized spacial score (nSPS) is 13.0. The van der Waals surface area contributed by atoms with Crippen molar-refractivity contribution in [3.8, 4) is 17.2 Å². The number of carbonyl (C=O) groups is 1. The molecule has 1 heterocycles. The zero-order valence-corrected chi connectivity index (χ0v) is 15.6. The van der Waals surface area contributed by atoms with Gasteiger partial charge in [0.25, 0.3) is 0 Å². The summed E-state index contributed by atoms with van der Waals surface area (Å²) in [5.41, 5.74) is 0.834. The van der Waals surface area contributed by atoms with E-state index >= 15 is 0 Å². The summed E-state index contributed by atoms with van der Waals surface area (Å²) >= 11 is 6.24. The van der Waals surface area contributed by atoms with E-state index in [0.29, 0.717) is 42.7 Å². The van der Waals surface area contributed by atoms with E-state index in [-0.39, 0.29) is 24.7 Å². The number of fused-ring (bicyclic) bond motifs is 1. The van der Waals surface area contributed by atoms with Gasteiger partial charge in [0.05, 0.1) is 24.8 Å². The molecular formula is C20H21ClFNO4. The van der Waals surface area contributed by atoms with Crippen molar-refractivity contribution in [2.24, 2.45) is 0 Å². The van der Waals surface area contributed by atoms with E-state index in [1.165, 1.54) is 6.07 Å². The van der Waals surface area contributed by atoms with Gasteiger partial charge in [0.1, 0.15) is 0 Å². The second kappa shape index (κ2) is 9.46. The van der Waals surface area contributed by atoms with Crippen molar-refractivity contribution in [2.45, 2.75) is 25.8 Å². The van der Waals surface area contributed by atoms with Crippen molar-refractivity contribution in [2.75, 3.05) is 19.8 Å². The fraction of sp³-hybridized carbons (Fsp3) is 0.350. The number of nitrogens with one attached hydrogen (secondary N) is 1. The molecule has 0 atom stereocenters. The number of hydrogen-bond donors (Lipinski definition) is 1. The van der Waals surface area contributed by atoms with Crippen LogP contribution in [0.4, 0.5) is 4.39 Å². The quantitative estimate of drug-likeness (QED) is 0.719. The number of ether oxygens (including phenoxy) is 3. The largest absolute Gasteiger partial charge is 0.491 e. The Labute approximate surface area is 162 Å². The Morgan fingerprint density at radius 2 is 2.04 bits per heavy atom. The van der Waals surface area contributed by atoms with Crippen LogP contribution < -0.4 is 19.5 Å². The minimum atomic E-state index is -0.409. The van der Waals surface area contributed by atoms with Crippen LogP contribution in [0.15, 0.2) is 36.4 Å². The number of rotatable bonds is 7. The van der Waals surface area contributed by atoms with Crippen LogP contribution in [0.25, 0.3) is 0 Å². The van der Waals surface area contributed by atoms with Gasteiger partial charge >= 0.3 is 0 Å². The molecular weight excluding hydrogens is 373 g/mol. The molecule has 27 heavy (non-hydrogen) atoms. The Morgan fingerprint density at radius 3 is 2.89 bits per heavy atom. The summed E-state index contributed by atoms with van der Waals surface area (Å²) < 4.78 is 30.0. The van der Waals surface area contributed by atoms with E-state index in [9.17, 15) is 9.18 Å². The molecule has 144 valence electrons. The van der Waals surface area contributed by atoms with Gasteiger partial charge in [-0.05, 0) is 36.2 Å². The predicted molar refractivity (Wildman–Crippen MR) is 100 cm³/mol. The molecule has 0 saturated carbocycles. The molecule has 5 nitrogen and oxygen atoms in total. The summed E-state index contributed by atoms with van der Waals surface area (Å²) in [5, 5.41) is 3.30. The van der Waals surface area contributed by atoms with Crippen LogP contribution in [0.2, 0.25) is 5.02 Å². The maximum absolute atomic E-state index is 13.4. The zero-order chi connectivity index (χ0) is 19.1. The number of hydrogen-bond acceptors (Lipinski definition) is 4. The third-order valence-electron chi connectivity index (χ3n) is 3.99. The highest BCUT2D eigenvalue weighted by atomic mass is 35.5. The lowest BCUT2D eigenvalue weighted by Crippen LogP contribution is -2.23. The van der Waals surface area contributed by atoms with Crippen molar-refractivity contribution in [3.63, 3.8) is 0 Å². The number of benzene rings is 2. The van der Waals surface area contributed by atoms with Crippen LogP contribution in [-0.4, -0.2) is 25.7 Å². The van der Waals surface area contributed by atoms with Gasteiger partial charge in [-0.25, -0.2) is 4.39 Å². The second-order valence-electron chi connectivity index (χ2n) is 6.11. The maximum Gasteiger partial charge on any atom is 0.220 e. The molecule has 0 bridgehead atoms. The molecule has 1 N–H and O–H groups in total. The minimum Gasteiger partial charge on any atom is -0.491 e. The minimum absolute atomic E-state index is 0.115. The average Bonchev–Trinajstić information content (AvgIpc) is 2.91. The standard InChI is InChI=1S/C20H21ClFNO4/c21-15-11-14(12-18-20(15)27-10-4-9-26-18)13-23-19(24)7-3-8-25-17-6-2-1-5-16(17)22/h1-2,5-6,11-12H,3-4,7-10,13H2,(H,23,24). The van der Waals surface area contributed by atoms with Crippen LogP contribution in [-0.2, 0) is 11.3 Å². The van der Waals surface area contributed by atoms with E-state index in [0.717, 1.165) is 12.0 Å². The Morgan fingerprint density at radius 1 is 1.22 bits per heavy atom. The number of amides is 1. The van der Waals surface area contributed by atoms with E-state index in [1.54, 1.807) is 24.3 Å². The van der Waals surface area contributed by atoms with Gasteiger partial charge in [-0.1, -0.05) is 23.7 Å².